The molecule has 0 fully saturated rings. The summed E-state index contributed by atoms with van der Waals surface area (Å²) in [5.41, 5.74) is 9.21. The number of fused-ring (bicyclic) bond motifs is 2. The van der Waals surface area contributed by atoms with Crippen molar-refractivity contribution < 1.29 is 28.5 Å². The van der Waals surface area contributed by atoms with E-state index in [2.05, 4.69) is 4.98 Å². The Bertz CT molecular complexity index is 2140. The van der Waals surface area contributed by atoms with E-state index in [-0.39, 0.29) is 37.1 Å². The predicted molar refractivity (Wildman–Crippen MR) is 191 cm³/mol. The quantitative estimate of drug-likeness (QED) is 0.126. The van der Waals surface area contributed by atoms with E-state index < -0.39 is 11.5 Å². The molecule has 0 spiro atoms. The number of carbonyl (C=O) groups excluding carboxylic acids is 1. The second-order valence-corrected chi connectivity index (χ2v) is 10.3. The second-order valence-electron chi connectivity index (χ2n) is 10.3. The molecule has 0 amide bonds. The van der Waals surface area contributed by atoms with E-state index in [0.29, 0.717) is 56.3 Å². The minimum atomic E-state index is -0.718. The molecule has 2 N–H and O–H groups in total. The lowest BCUT2D eigenvalue weighted by Gasteiger charge is -2.21. The number of hydrogen-bond donors (Lipinski definition) is 1. The first-order chi connectivity index (χ1) is 22.4. The van der Waals surface area contributed by atoms with E-state index in [1.54, 1.807) is 60.8 Å². The molecule has 6 aromatic rings. The normalized spacial score (nSPS) is 10.5. The van der Waals surface area contributed by atoms with Gasteiger partial charge >= 0.3 is 5.97 Å². The molecule has 0 aliphatic heterocycles. The van der Waals surface area contributed by atoms with Crippen molar-refractivity contribution in [3.05, 3.63) is 113 Å². The first-order valence-corrected chi connectivity index (χ1v) is 14.3. The molecule has 2 heterocycles. The SMILES string of the molecule is COC(=O)c1c(-c2cc(OC)c(OC)c(OC)c2)c2ccc(OCc3ccnc4ccccc34)cc2c(=O)n1-c1ccc(N)cc1.Cl.Cl. The van der Waals surface area contributed by atoms with Crippen LogP contribution in [0, 0.1) is 0 Å². The summed E-state index contributed by atoms with van der Waals surface area (Å²) in [6.45, 7) is 0.251. The topological polar surface area (TPSA) is 124 Å². The Morgan fingerprint density at radius 1 is 0.792 bits per heavy atom. The van der Waals surface area contributed by atoms with Gasteiger partial charge in [0.1, 0.15) is 18.1 Å². The van der Waals surface area contributed by atoms with Gasteiger partial charge in [0.2, 0.25) is 5.75 Å². The van der Waals surface area contributed by atoms with Gasteiger partial charge in [-0.3, -0.25) is 14.3 Å². The van der Waals surface area contributed by atoms with Gasteiger partial charge in [0.05, 0.1) is 39.3 Å². The van der Waals surface area contributed by atoms with Crippen LogP contribution in [0.2, 0.25) is 0 Å². The van der Waals surface area contributed by atoms with Crippen LogP contribution in [0.15, 0.2) is 95.9 Å². The summed E-state index contributed by atoms with van der Waals surface area (Å²) in [6.07, 6.45) is 1.74. The zero-order chi connectivity index (χ0) is 32.4. The molecule has 0 unspecified atom stereocenters. The van der Waals surface area contributed by atoms with E-state index in [0.717, 1.165) is 16.5 Å². The summed E-state index contributed by atoms with van der Waals surface area (Å²) in [7, 11) is 5.78. The van der Waals surface area contributed by atoms with Crippen LogP contribution < -0.4 is 30.2 Å². The van der Waals surface area contributed by atoms with E-state index in [1.807, 2.05) is 30.3 Å². The third-order valence-electron chi connectivity index (χ3n) is 7.77. The van der Waals surface area contributed by atoms with Gasteiger partial charge in [-0.15, -0.1) is 24.8 Å². The average molecular weight is 691 g/mol. The minimum absolute atomic E-state index is 0. The van der Waals surface area contributed by atoms with E-state index in [4.69, 9.17) is 29.4 Å². The van der Waals surface area contributed by atoms with Crippen LogP contribution in [0.1, 0.15) is 16.1 Å². The Morgan fingerprint density at radius 3 is 2.12 bits per heavy atom. The van der Waals surface area contributed by atoms with Crippen LogP contribution in [0.4, 0.5) is 5.69 Å². The number of nitrogen functional groups attached to an aromatic ring is 1. The minimum Gasteiger partial charge on any atom is -0.493 e. The van der Waals surface area contributed by atoms with Crippen molar-refractivity contribution in [2.45, 2.75) is 6.61 Å². The van der Waals surface area contributed by atoms with Crippen molar-refractivity contribution in [3.63, 3.8) is 0 Å². The number of nitrogens with zero attached hydrogens (tertiary/aromatic N) is 2. The number of hydrogen-bond acceptors (Lipinski definition) is 9. The maximum absolute atomic E-state index is 14.4. The fraction of sp³-hybridized carbons (Fsp3) is 0.139. The third-order valence-corrected chi connectivity index (χ3v) is 7.77. The van der Waals surface area contributed by atoms with Gasteiger partial charge in [-0.05, 0) is 77.7 Å². The molecule has 12 heteroatoms. The number of rotatable bonds is 9. The lowest BCUT2D eigenvalue weighted by atomic mass is 9.95. The van der Waals surface area contributed by atoms with Gasteiger partial charge in [0.25, 0.3) is 5.56 Å². The summed E-state index contributed by atoms with van der Waals surface area (Å²) in [5.74, 6) is 0.871. The predicted octanol–water partition coefficient (Wildman–Crippen LogP) is 7.02. The number of halogens is 2. The molecule has 0 aliphatic carbocycles. The Morgan fingerprint density at radius 2 is 1.48 bits per heavy atom. The molecule has 4 aromatic carbocycles. The highest BCUT2D eigenvalue weighted by molar-refractivity contribution is 6.08. The highest BCUT2D eigenvalue weighted by atomic mass is 35.5. The van der Waals surface area contributed by atoms with Crippen molar-refractivity contribution in [3.8, 4) is 39.8 Å². The molecule has 6 rings (SSSR count). The van der Waals surface area contributed by atoms with Crippen LogP contribution in [0.25, 0.3) is 38.5 Å². The zero-order valence-electron chi connectivity index (χ0n) is 26.5. The summed E-state index contributed by atoms with van der Waals surface area (Å²) < 4.78 is 29.6. The maximum Gasteiger partial charge on any atom is 0.355 e. The van der Waals surface area contributed by atoms with Crippen molar-refractivity contribution in [1.82, 2.24) is 9.55 Å². The Hall–Kier alpha value is -5.45. The smallest absolute Gasteiger partial charge is 0.355 e. The lowest BCUT2D eigenvalue weighted by molar-refractivity contribution is 0.0591. The number of carbonyl (C=O) groups is 1. The molecule has 10 nitrogen and oxygen atoms in total. The fourth-order valence-electron chi connectivity index (χ4n) is 5.59. The largest absolute Gasteiger partial charge is 0.493 e. The molecule has 2 aromatic heterocycles. The summed E-state index contributed by atoms with van der Waals surface area (Å²) in [4.78, 5) is 32.4. The number of esters is 1. The van der Waals surface area contributed by atoms with Gasteiger partial charge in [0, 0.05) is 34.1 Å². The number of para-hydroxylation sites is 1. The van der Waals surface area contributed by atoms with Crippen LogP contribution >= 0.6 is 24.8 Å². The van der Waals surface area contributed by atoms with Crippen LogP contribution in [0.3, 0.4) is 0 Å². The van der Waals surface area contributed by atoms with Gasteiger partial charge in [0.15, 0.2) is 11.5 Å². The highest BCUT2D eigenvalue weighted by Gasteiger charge is 2.27. The number of benzene rings is 4. The third kappa shape index (κ3) is 6.40. The summed E-state index contributed by atoms with van der Waals surface area (Å²) in [5, 5.41) is 1.78. The number of methoxy groups -OCH3 is 4. The van der Waals surface area contributed by atoms with Crippen LogP contribution in [-0.4, -0.2) is 44.0 Å². The number of ether oxygens (including phenoxy) is 5. The molecule has 248 valence electrons. The second kappa shape index (κ2) is 15.0. The molecule has 0 saturated carbocycles. The van der Waals surface area contributed by atoms with Gasteiger partial charge < -0.3 is 29.4 Å². The van der Waals surface area contributed by atoms with E-state index in [9.17, 15) is 9.59 Å². The van der Waals surface area contributed by atoms with Crippen LogP contribution in [-0.2, 0) is 11.3 Å². The molecule has 0 radical (unpaired) electrons. The molecule has 0 aliphatic rings. The molecule has 0 atom stereocenters. The van der Waals surface area contributed by atoms with Crippen molar-refractivity contribution in [2.24, 2.45) is 0 Å². The maximum atomic E-state index is 14.4. The summed E-state index contributed by atoms with van der Waals surface area (Å²) >= 11 is 0. The molecule has 0 bridgehead atoms. The molecular weight excluding hydrogens is 657 g/mol. The zero-order valence-corrected chi connectivity index (χ0v) is 28.1. The molecular formula is C36H33Cl2N3O7. The fourth-order valence-corrected chi connectivity index (χ4v) is 5.59. The molecule has 0 saturated heterocycles. The number of anilines is 1. The monoisotopic (exact) mass is 689 g/mol. The Balaban J connectivity index is 0.00000260. The first kappa shape index (κ1) is 35.4. The van der Waals surface area contributed by atoms with Crippen molar-refractivity contribution in [2.75, 3.05) is 34.2 Å². The first-order valence-electron chi connectivity index (χ1n) is 14.3. The van der Waals surface area contributed by atoms with E-state index >= 15 is 0 Å². The highest BCUT2D eigenvalue weighted by Crippen LogP contribution is 2.44. The number of aromatic nitrogens is 2. The number of pyridine rings is 2. The Kier molecular flexibility index (Phi) is 11.0. The molecule has 48 heavy (non-hydrogen) atoms. The number of nitrogens with two attached hydrogens (primary N) is 1. The van der Waals surface area contributed by atoms with Crippen molar-refractivity contribution in [1.29, 1.82) is 0 Å². The van der Waals surface area contributed by atoms with E-state index in [1.165, 1.54) is 33.0 Å². The Labute approximate surface area is 288 Å². The van der Waals surface area contributed by atoms with Crippen molar-refractivity contribution >= 4 is 58.1 Å². The van der Waals surface area contributed by atoms with Gasteiger partial charge in [-0.2, -0.15) is 0 Å². The van der Waals surface area contributed by atoms with Gasteiger partial charge in [-0.1, -0.05) is 18.2 Å². The van der Waals surface area contributed by atoms with Crippen LogP contribution in [0.5, 0.6) is 23.0 Å². The average Bonchev–Trinajstić information content (AvgIpc) is 3.10. The standard InChI is InChI=1S/C36H31N3O7.2ClH/c1-42-30-17-22(18-31(43-2)34(30)44-3)32-27-14-13-25(46-20-21-15-16-38-29-8-6-5-7-26(21)29)19-28(27)35(40)39(33(32)36(41)45-4)24-11-9-23(37)10-12-24;;/h5-19H,20,37H2,1-4H3;2*1H. The summed E-state index contributed by atoms with van der Waals surface area (Å²) in [6, 6.07) is 25.0. The van der Waals surface area contributed by atoms with Gasteiger partial charge in [-0.25, -0.2) is 4.79 Å². The lowest BCUT2D eigenvalue weighted by Crippen LogP contribution is -2.27.